The van der Waals surface area contributed by atoms with Crippen LogP contribution in [-0.4, -0.2) is 50.1 Å². The molecule has 0 saturated heterocycles. The van der Waals surface area contributed by atoms with Gasteiger partial charge in [-0.2, -0.15) is 0 Å². The lowest BCUT2D eigenvalue weighted by Crippen LogP contribution is -2.35. The fraction of sp³-hybridized carbons (Fsp3) is 0.467. The van der Waals surface area contributed by atoms with E-state index in [1.165, 1.54) is 0 Å². The lowest BCUT2D eigenvalue weighted by Gasteiger charge is -2.15. The number of nitrogens with one attached hydrogen (secondary N) is 1. The second kappa shape index (κ2) is 9.09. The molecule has 5 heteroatoms. The normalized spacial score (nSPS) is 11.9. The predicted molar refractivity (Wildman–Crippen MR) is 80.2 cm³/mol. The van der Waals surface area contributed by atoms with Crippen molar-refractivity contribution in [1.82, 2.24) is 10.2 Å². The zero-order valence-corrected chi connectivity index (χ0v) is 12.7. The first-order chi connectivity index (χ1) is 9.31. The summed E-state index contributed by atoms with van der Waals surface area (Å²) in [5.74, 6) is -1.64. The standard InChI is InChI=1S/C15H24N2O3/c1-7-12(13(8-2)10-17(5)6)9-16-14(18)15(19)20-11(3)4/h7-8,11H,1-2,9-10H2,3-6H3,(H,16,18)/b13-12-. The Balaban J connectivity index is 4.69. The van der Waals surface area contributed by atoms with Crippen molar-refractivity contribution in [2.75, 3.05) is 27.2 Å². The van der Waals surface area contributed by atoms with E-state index >= 15 is 0 Å². The number of nitrogens with zero attached hydrogens (tertiary/aromatic N) is 1. The van der Waals surface area contributed by atoms with Gasteiger partial charge in [-0.1, -0.05) is 25.3 Å². The molecule has 0 heterocycles. The van der Waals surface area contributed by atoms with Crippen LogP contribution in [0.5, 0.6) is 0 Å². The Kier molecular flexibility index (Phi) is 8.24. The first-order valence-electron chi connectivity index (χ1n) is 6.42. The van der Waals surface area contributed by atoms with Crippen LogP contribution in [0.25, 0.3) is 0 Å². The molecule has 0 rings (SSSR count). The van der Waals surface area contributed by atoms with Gasteiger partial charge in [0.25, 0.3) is 0 Å². The number of rotatable bonds is 7. The average molecular weight is 280 g/mol. The number of ether oxygens (including phenoxy) is 1. The van der Waals surface area contributed by atoms with Crippen LogP contribution >= 0.6 is 0 Å². The van der Waals surface area contributed by atoms with Crippen molar-refractivity contribution < 1.29 is 14.3 Å². The van der Waals surface area contributed by atoms with E-state index < -0.39 is 11.9 Å². The molecule has 112 valence electrons. The van der Waals surface area contributed by atoms with Gasteiger partial charge in [0.1, 0.15) is 0 Å². The molecular formula is C15H24N2O3. The van der Waals surface area contributed by atoms with E-state index in [1.54, 1.807) is 26.0 Å². The van der Waals surface area contributed by atoms with Gasteiger partial charge >= 0.3 is 11.9 Å². The molecule has 0 aromatic carbocycles. The summed E-state index contributed by atoms with van der Waals surface area (Å²) < 4.78 is 4.81. The summed E-state index contributed by atoms with van der Waals surface area (Å²) in [4.78, 5) is 24.9. The summed E-state index contributed by atoms with van der Waals surface area (Å²) in [6.45, 7) is 11.7. The first-order valence-corrected chi connectivity index (χ1v) is 6.42. The zero-order valence-electron chi connectivity index (χ0n) is 12.7. The molecule has 0 fully saturated rings. The van der Waals surface area contributed by atoms with Crippen molar-refractivity contribution >= 4 is 11.9 Å². The van der Waals surface area contributed by atoms with Gasteiger partial charge < -0.3 is 15.0 Å². The molecule has 5 nitrogen and oxygen atoms in total. The largest absolute Gasteiger partial charge is 0.456 e. The Morgan fingerprint density at radius 3 is 2.15 bits per heavy atom. The first kappa shape index (κ1) is 18.1. The molecule has 0 aliphatic rings. The van der Waals surface area contributed by atoms with Crippen LogP contribution in [0, 0.1) is 0 Å². The van der Waals surface area contributed by atoms with Crippen LogP contribution in [0.15, 0.2) is 36.5 Å². The van der Waals surface area contributed by atoms with Crippen molar-refractivity contribution in [2.45, 2.75) is 20.0 Å². The quantitative estimate of drug-likeness (QED) is 0.434. The van der Waals surface area contributed by atoms with Gasteiger partial charge in [0.2, 0.25) is 0 Å². The molecular weight excluding hydrogens is 256 g/mol. The molecule has 0 aliphatic carbocycles. The highest BCUT2D eigenvalue weighted by Gasteiger charge is 2.16. The third-order valence-electron chi connectivity index (χ3n) is 2.36. The van der Waals surface area contributed by atoms with E-state index in [-0.39, 0.29) is 12.6 Å². The Morgan fingerprint density at radius 1 is 1.20 bits per heavy atom. The molecule has 1 N–H and O–H groups in total. The third kappa shape index (κ3) is 6.89. The SMILES string of the molecule is C=C/C(CNC(=O)C(=O)OC(C)C)=C(\C=C)CN(C)C. The zero-order chi connectivity index (χ0) is 15.7. The fourth-order valence-electron chi connectivity index (χ4n) is 1.47. The van der Waals surface area contributed by atoms with Crippen LogP contribution in [-0.2, 0) is 14.3 Å². The van der Waals surface area contributed by atoms with Crippen LogP contribution < -0.4 is 5.32 Å². The Morgan fingerprint density at radius 2 is 1.75 bits per heavy atom. The monoisotopic (exact) mass is 280 g/mol. The smallest absolute Gasteiger partial charge is 0.397 e. The lowest BCUT2D eigenvalue weighted by molar-refractivity contribution is -0.157. The molecule has 0 spiro atoms. The van der Waals surface area contributed by atoms with E-state index in [9.17, 15) is 9.59 Å². The molecule has 0 unspecified atom stereocenters. The highest BCUT2D eigenvalue weighted by atomic mass is 16.5. The summed E-state index contributed by atoms with van der Waals surface area (Å²) in [6.07, 6.45) is 3.05. The molecule has 0 aliphatic heterocycles. The van der Waals surface area contributed by atoms with Gasteiger partial charge in [-0.15, -0.1) is 0 Å². The number of esters is 1. The summed E-state index contributed by atoms with van der Waals surface area (Å²) in [5.41, 5.74) is 1.77. The van der Waals surface area contributed by atoms with Gasteiger partial charge in [-0.05, 0) is 39.1 Å². The Hall–Kier alpha value is -1.88. The maximum atomic E-state index is 11.6. The van der Waals surface area contributed by atoms with Crippen molar-refractivity contribution in [3.05, 3.63) is 36.5 Å². The number of hydrogen-bond donors (Lipinski definition) is 1. The molecule has 0 aromatic heterocycles. The van der Waals surface area contributed by atoms with Crippen LogP contribution in [0.3, 0.4) is 0 Å². The predicted octanol–water partition coefficient (Wildman–Crippen LogP) is 1.28. The number of carbonyl (C=O) groups is 2. The average Bonchev–Trinajstić information content (AvgIpc) is 2.36. The summed E-state index contributed by atoms with van der Waals surface area (Å²) in [5, 5.41) is 2.52. The van der Waals surface area contributed by atoms with Gasteiger partial charge in [-0.3, -0.25) is 4.79 Å². The van der Waals surface area contributed by atoms with Crippen LogP contribution in [0.4, 0.5) is 0 Å². The molecule has 0 aromatic rings. The molecule has 0 atom stereocenters. The van der Waals surface area contributed by atoms with Gasteiger partial charge in [0.05, 0.1) is 6.10 Å². The van der Waals surface area contributed by atoms with Crippen LogP contribution in [0.1, 0.15) is 13.8 Å². The molecule has 0 radical (unpaired) electrons. The van der Waals surface area contributed by atoms with E-state index in [0.29, 0.717) is 6.54 Å². The van der Waals surface area contributed by atoms with Gasteiger partial charge in [0.15, 0.2) is 0 Å². The van der Waals surface area contributed by atoms with Gasteiger partial charge in [-0.25, -0.2) is 4.79 Å². The second-order valence-electron chi connectivity index (χ2n) is 4.83. The number of carbonyl (C=O) groups excluding carboxylic acids is 2. The van der Waals surface area contributed by atoms with Crippen molar-refractivity contribution in [1.29, 1.82) is 0 Å². The number of hydrogen-bond acceptors (Lipinski definition) is 4. The van der Waals surface area contributed by atoms with Crippen molar-refractivity contribution in [3.8, 4) is 0 Å². The fourth-order valence-corrected chi connectivity index (χ4v) is 1.47. The topological polar surface area (TPSA) is 58.6 Å². The van der Waals surface area contributed by atoms with E-state index in [0.717, 1.165) is 11.1 Å². The van der Waals surface area contributed by atoms with E-state index in [1.807, 2.05) is 19.0 Å². The number of likely N-dealkylation sites (N-methyl/N-ethyl adjacent to an activating group) is 1. The van der Waals surface area contributed by atoms with E-state index in [4.69, 9.17) is 4.74 Å². The Labute approximate surface area is 121 Å². The molecule has 1 amide bonds. The number of amides is 1. The van der Waals surface area contributed by atoms with Crippen molar-refractivity contribution in [3.63, 3.8) is 0 Å². The van der Waals surface area contributed by atoms with Crippen LogP contribution in [0.2, 0.25) is 0 Å². The highest BCUT2D eigenvalue weighted by molar-refractivity contribution is 6.32. The van der Waals surface area contributed by atoms with Crippen molar-refractivity contribution in [2.24, 2.45) is 0 Å². The lowest BCUT2D eigenvalue weighted by atomic mass is 10.1. The minimum atomic E-state index is -0.879. The highest BCUT2D eigenvalue weighted by Crippen LogP contribution is 2.07. The second-order valence-corrected chi connectivity index (χ2v) is 4.83. The molecule has 0 saturated carbocycles. The minimum Gasteiger partial charge on any atom is -0.456 e. The van der Waals surface area contributed by atoms with Gasteiger partial charge in [0, 0.05) is 13.1 Å². The summed E-state index contributed by atoms with van der Waals surface area (Å²) >= 11 is 0. The third-order valence-corrected chi connectivity index (χ3v) is 2.36. The van der Waals surface area contributed by atoms with E-state index in [2.05, 4.69) is 18.5 Å². The molecule has 0 bridgehead atoms. The maximum absolute atomic E-state index is 11.6. The Bertz CT molecular complexity index is 409. The maximum Gasteiger partial charge on any atom is 0.397 e. The summed E-state index contributed by atoms with van der Waals surface area (Å²) in [6, 6.07) is 0. The minimum absolute atomic E-state index is 0.213. The molecule has 20 heavy (non-hydrogen) atoms. The summed E-state index contributed by atoms with van der Waals surface area (Å²) in [7, 11) is 3.87.